The molecule has 5 heteroatoms. The van der Waals surface area contributed by atoms with Crippen LogP contribution in [-0.4, -0.2) is 45.2 Å². The SMILES string of the molecule is CC1CC(C)CC(NCCS(=O)(=O)N(C)C)C1. The molecule has 0 aliphatic heterocycles. The fourth-order valence-corrected chi connectivity index (χ4v) is 3.43. The van der Waals surface area contributed by atoms with E-state index in [2.05, 4.69) is 19.2 Å². The molecule has 2 atom stereocenters. The Morgan fingerprint density at radius 1 is 1.12 bits per heavy atom. The van der Waals surface area contributed by atoms with E-state index in [4.69, 9.17) is 0 Å². The van der Waals surface area contributed by atoms with E-state index in [9.17, 15) is 8.42 Å². The molecule has 0 radical (unpaired) electrons. The zero-order valence-electron chi connectivity index (χ0n) is 11.4. The molecular formula is C12H26N2O2S. The lowest BCUT2D eigenvalue weighted by atomic mass is 9.80. The molecule has 0 saturated heterocycles. The fourth-order valence-electron chi connectivity index (χ4n) is 2.69. The van der Waals surface area contributed by atoms with Gasteiger partial charge in [-0.25, -0.2) is 12.7 Å². The van der Waals surface area contributed by atoms with Gasteiger partial charge in [-0.2, -0.15) is 0 Å². The lowest BCUT2D eigenvalue weighted by molar-refractivity contribution is 0.241. The Hall–Kier alpha value is -0.130. The van der Waals surface area contributed by atoms with E-state index >= 15 is 0 Å². The Morgan fingerprint density at radius 3 is 2.12 bits per heavy atom. The van der Waals surface area contributed by atoms with Gasteiger partial charge in [0.05, 0.1) is 5.75 Å². The lowest BCUT2D eigenvalue weighted by Gasteiger charge is -2.32. The summed E-state index contributed by atoms with van der Waals surface area (Å²) < 4.78 is 24.5. The number of rotatable bonds is 5. The normalized spacial score (nSPS) is 30.8. The molecule has 17 heavy (non-hydrogen) atoms. The Kier molecular flexibility index (Phi) is 5.41. The van der Waals surface area contributed by atoms with Crippen molar-refractivity contribution in [2.24, 2.45) is 11.8 Å². The quantitative estimate of drug-likeness (QED) is 0.812. The summed E-state index contributed by atoms with van der Waals surface area (Å²) in [7, 11) is 0.112. The van der Waals surface area contributed by atoms with Crippen LogP contribution >= 0.6 is 0 Å². The molecule has 1 N–H and O–H groups in total. The monoisotopic (exact) mass is 262 g/mol. The molecule has 0 aromatic heterocycles. The number of nitrogens with one attached hydrogen (secondary N) is 1. The molecule has 0 bridgehead atoms. The van der Waals surface area contributed by atoms with Crippen molar-refractivity contribution in [1.29, 1.82) is 0 Å². The molecule has 1 fully saturated rings. The van der Waals surface area contributed by atoms with Crippen molar-refractivity contribution < 1.29 is 8.42 Å². The maximum Gasteiger partial charge on any atom is 0.214 e. The standard InChI is InChI=1S/C12H26N2O2S/c1-10-7-11(2)9-12(8-10)13-5-6-17(15,16)14(3)4/h10-13H,5-9H2,1-4H3. The maximum atomic E-state index is 11.6. The molecule has 0 amide bonds. The van der Waals surface area contributed by atoms with Gasteiger partial charge in [0.25, 0.3) is 0 Å². The van der Waals surface area contributed by atoms with Crippen LogP contribution in [0.25, 0.3) is 0 Å². The van der Waals surface area contributed by atoms with E-state index in [1.165, 1.54) is 23.6 Å². The van der Waals surface area contributed by atoms with Gasteiger partial charge in [0.2, 0.25) is 10.0 Å². The van der Waals surface area contributed by atoms with Crippen molar-refractivity contribution in [3.63, 3.8) is 0 Å². The minimum Gasteiger partial charge on any atom is -0.313 e. The van der Waals surface area contributed by atoms with Crippen LogP contribution in [0, 0.1) is 11.8 Å². The van der Waals surface area contributed by atoms with Gasteiger partial charge in [-0.15, -0.1) is 0 Å². The molecule has 102 valence electrons. The molecule has 1 aliphatic rings. The number of nitrogens with zero attached hydrogens (tertiary/aromatic N) is 1. The number of hydrogen-bond acceptors (Lipinski definition) is 3. The second-order valence-electron chi connectivity index (χ2n) is 5.67. The van der Waals surface area contributed by atoms with Crippen molar-refractivity contribution in [3.05, 3.63) is 0 Å². The topological polar surface area (TPSA) is 49.4 Å². The van der Waals surface area contributed by atoms with Crippen molar-refractivity contribution in [1.82, 2.24) is 9.62 Å². The van der Waals surface area contributed by atoms with Gasteiger partial charge >= 0.3 is 0 Å². The molecule has 2 unspecified atom stereocenters. The summed E-state index contributed by atoms with van der Waals surface area (Å²) in [6.45, 7) is 5.12. The van der Waals surface area contributed by atoms with Gasteiger partial charge in [-0.3, -0.25) is 0 Å². The van der Waals surface area contributed by atoms with Gasteiger partial charge < -0.3 is 5.32 Å². The summed E-state index contributed by atoms with van der Waals surface area (Å²) in [5.41, 5.74) is 0. The second-order valence-corrected chi connectivity index (χ2v) is 7.97. The van der Waals surface area contributed by atoms with Crippen molar-refractivity contribution >= 4 is 10.0 Å². The summed E-state index contributed by atoms with van der Waals surface area (Å²) >= 11 is 0. The molecule has 1 rings (SSSR count). The van der Waals surface area contributed by atoms with Crippen LogP contribution in [0.3, 0.4) is 0 Å². The van der Waals surface area contributed by atoms with Gasteiger partial charge in [0.15, 0.2) is 0 Å². The smallest absolute Gasteiger partial charge is 0.214 e. The number of hydrogen-bond donors (Lipinski definition) is 1. The van der Waals surface area contributed by atoms with Crippen LogP contribution in [0.1, 0.15) is 33.1 Å². The first kappa shape index (κ1) is 14.9. The molecule has 1 saturated carbocycles. The fraction of sp³-hybridized carbons (Fsp3) is 1.00. The van der Waals surface area contributed by atoms with Crippen LogP contribution in [0.15, 0.2) is 0 Å². The van der Waals surface area contributed by atoms with Gasteiger partial charge in [0, 0.05) is 26.7 Å². The van der Waals surface area contributed by atoms with Crippen LogP contribution in [0.4, 0.5) is 0 Å². The molecule has 0 aromatic rings. The van der Waals surface area contributed by atoms with Crippen LogP contribution < -0.4 is 5.32 Å². The highest BCUT2D eigenvalue weighted by Crippen LogP contribution is 2.28. The van der Waals surface area contributed by atoms with E-state index in [0.29, 0.717) is 12.6 Å². The minimum absolute atomic E-state index is 0.194. The maximum absolute atomic E-state index is 11.6. The average molecular weight is 262 g/mol. The third-order valence-electron chi connectivity index (χ3n) is 3.53. The predicted octanol–water partition coefficient (Wildman–Crippen LogP) is 1.29. The molecule has 0 aromatic carbocycles. The van der Waals surface area contributed by atoms with Gasteiger partial charge in [0.1, 0.15) is 0 Å². The Labute approximate surface area is 106 Å². The van der Waals surface area contributed by atoms with E-state index in [1.54, 1.807) is 14.1 Å². The van der Waals surface area contributed by atoms with Crippen LogP contribution in [0.5, 0.6) is 0 Å². The highest BCUT2D eigenvalue weighted by atomic mass is 32.2. The second kappa shape index (κ2) is 6.16. The van der Waals surface area contributed by atoms with Crippen LogP contribution in [-0.2, 0) is 10.0 Å². The molecular weight excluding hydrogens is 236 g/mol. The third kappa shape index (κ3) is 4.94. The van der Waals surface area contributed by atoms with Crippen LogP contribution in [0.2, 0.25) is 0 Å². The van der Waals surface area contributed by atoms with Gasteiger partial charge in [-0.05, 0) is 31.1 Å². The summed E-state index contributed by atoms with van der Waals surface area (Å²) in [4.78, 5) is 0. The molecule has 0 spiro atoms. The molecule has 1 aliphatic carbocycles. The first-order valence-corrected chi connectivity index (χ1v) is 8.05. The molecule has 4 nitrogen and oxygen atoms in total. The minimum atomic E-state index is -3.06. The lowest BCUT2D eigenvalue weighted by Crippen LogP contribution is -2.40. The van der Waals surface area contributed by atoms with Crippen molar-refractivity contribution in [2.75, 3.05) is 26.4 Å². The van der Waals surface area contributed by atoms with E-state index in [0.717, 1.165) is 11.8 Å². The van der Waals surface area contributed by atoms with E-state index in [1.807, 2.05) is 0 Å². The van der Waals surface area contributed by atoms with Gasteiger partial charge in [-0.1, -0.05) is 13.8 Å². The van der Waals surface area contributed by atoms with Crippen molar-refractivity contribution in [3.8, 4) is 0 Å². The summed E-state index contributed by atoms with van der Waals surface area (Å²) in [6.07, 6.45) is 3.65. The Morgan fingerprint density at radius 2 is 1.65 bits per heavy atom. The number of sulfonamides is 1. The summed E-state index contributed by atoms with van der Waals surface area (Å²) in [5, 5.41) is 3.39. The van der Waals surface area contributed by atoms with E-state index in [-0.39, 0.29) is 5.75 Å². The highest BCUT2D eigenvalue weighted by Gasteiger charge is 2.24. The predicted molar refractivity (Wildman–Crippen MR) is 71.4 cm³/mol. The first-order valence-electron chi connectivity index (χ1n) is 6.45. The first-order chi connectivity index (χ1) is 7.81. The highest BCUT2D eigenvalue weighted by molar-refractivity contribution is 7.89. The van der Waals surface area contributed by atoms with E-state index < -0.39 is 10.0 Å². The molecule has 0 heterocycles. The Balaban J connectivity index is 2.32. The largest absolute Gasteiger partial charge is 0.313 e. The Bertz CT molecular complexity index is 317. The third-order valence-corrected chi connectivity index (χ3v) is 5.36. The average Bonchev–Trinajstić information content (AvgIpc) is 2.15. The summed E-state index contributed by atoms with van der Waals surface area (Å²) in [5.74, 6) is 1.70. The van der Waals surface area contributed by atoms with Crippen molar-refractivity contribution in [2.45, 2.75) is 39.2 Å². The summed E-state index contributed by atoms with van der Waals surface area (Å²) in [6, 6.07) is 0.492. The zero-order chi connectivity index (χ0) is 13.1. The zero-order valence-corrected chi connectivity index (χ0v) is 12.3.